The maximum Gasteiger partial charge on any atom is 0.252 e. The highest BCUT2D eigenvalue weighted by Crippen LogP contribution is 2.30. The van der Waals surface area contributed by atoms with Crippen molar-refractivity contribution in [2.24, 2.45) is 5.92 Å². The van der Waals surface area contributed by atoms with Gasteiger partial charge in [-0.05, 0) is 36.4 Å². The number of piperidine rings is 1. The van der Waals surface area contributed by atoms with E-state index in [9.17, 15) is 13.2 Å². The van der Waals surface area contributed by atoms with Crippen LogP contribution in [-0.2, 0) is 14.8 Å². The van der Waals surface area contributed by atoms with Gasteiger partial charge in [0.05, 0.1) is 10.7 Å². The lowest BCUT2D eigenvalue weighted by molar-refractivity contribution is -0.120. The zero-order chi connectivity index (χ0) is 20.4. The van der Waals surface area contributed by atoms with Crippen molar-refractivity contribution < 1.29 is 13.2 Å². The summed E-state index contributed by atoms with van der Waals surface area (Å²) in [5.74, 6) is -0.450. The third-order valence-electron chi connectivity index (χ3n) is 4.81. The van der Waals surface area contributed by atoms with Crippen molar-refractivity contribution in [3.05, 3.63) is 53.4 Å². The number of amides is 1. The van der Waals surface area contributed by atoms with Crippen LogP contribution in [0, 0.1) is 5.92 Å². The van der Waals surface area contributed by atoms with Gasteiger partial charge >= 0.3 is 0 Å². The van der Waals surface area contributed by atoms with Gasteiger partial charge in [-0.15, -0.1) is 11.3 Å². The summed E-state index contributed by atoms with van der Waals surface area (Å²) in [6.07, 6.45) is 3.80. The van der Waals surface area contributed by atoms with Crippen molar-refractivity contribution in [1.29, 1.82) is 0 Å². The molecule has 3 aromatic rings. The molecular formula is C18H18ClN5O3S2. The van der Waals surface area contributed by atoms with E-state index in [1.165, 1.54) is 33.0 Å². The molecule has 1 N–H and O–H groups in total. The van der Waals surface area contributed by atoms with Crippen LogP contribution in [0.1, 0.15) is 12.8 Å². The molecule has 1 saturated heterocycles. The Morgan fingerprint density at radius 2 is 2.00 bits per heavy atom. The first-order valence-corrected chi connectivity index (χ1v) is 11.6. The second-order valence-electron chi connectivity index (χ2n) is 6.58. The summed E-state index contributed by atoms with van der Waals surface area (Å²) in [7, 11) is -3.48. The molecule has 1 amide bonds. The van der Waals surface area contributed by atoms with E-state index in [0.717, 1.165) is 0 Å². The van der Waals surface area contributed by atoms with Crippen LogP contribution in [0.4, 0.5) is 5.69 Å². The molecule has 0 spiro atoms. The number of rotatable bonds is 5. The molecule has 29 heavy (non-hydrogen) atoms. The Morgan fingerprint density at radius 3 is 2.66 bits per heavy atom. The first kappa shape index (κ1) is 20.0. The van der Waals surface area contributed by atoms with Gasteiger partial charge in [-0.1, -0.05) is 23.7 Å². The van der Waals surface area contributed by atoms with Crippen LogP contribution in [0.3, 0.4) is 0 Å². The molecule has 4 rings (SSSR count). The third kappa shape index (κ3) is 4.06. The first-order valence-electron chi connectivity index (χ1n) is 8.95. The van der Waals surface area contributed by atoms with Crippen LogP contribution in [0.15, 0.2) is 52.6 Å². The Hall–Kier alpha value is -2.27. The Kier molecular flexibility index (Phi) is 5.68. The Balaban J connectivity index is 1.45. The Labute approximate surface area is 177 Å². The van der Waals surface area contributed by atoms with E-state index in [-0.39, 0.29) is 11.8 Å². The number of carbonyl (C=O) groups excluding carboxylic acids is 1. The van der Waals surface area contributed by atoms with Crippen LogP contribution < -0.4 is 5.32 Å². The highest BCUT2D eigenvalue weighted by molar-refractivity contribution is 7.91. The van der Waals surface area contributed by atoms with E-state index in [2.05, 4.69) is 15.4 Å². The lowest BCUT2D eigenvalue weighted by Crippen LogP contribution is -2.41. The lowest BCUT2D eigenvalue weighted by Gasteiger charge is -2.30. The number of hydrogen-bond acceptors (Lipinski definition) is 6. The molecule has 8 nitrogen and oxygen atoms in total. The van der Waals surface area contributed by atoms with Gasteiger partial charge in [0.25, 0.3) is 10.0 Å². The number of sulfonamides is 1. The maximum atomic E-state index is 12.8. The molecule has 1 fully saturated rings. The quantitative estimate of drug-likeness (QED) is 0.643. The minimum absolute atomic E-state index is 0.165. The fourth-order valence-electron chi connectivity index (χ4n) is 3.30. The molecule has 0 aliphatic carbocycles. The number of thiophene rings is 1. The fraction of sp³-hybridized carbons (Fsp3) is 0.278. The molecule has 0 bridgehead atoms. The van der Waals surface area contributed by atoms with Crippen molar-refractivity contribution in [1.82, 2.24) is 19.1 Å². The van der Waals surface area contributed by atoms with Gasteiger partial charge in [-0.25, -0.2) is 18.1 Å². The number of para-hydroxylation sites is 1. The molecule has 0 radical (unpaired) electrons. The van der Waals surface area contributed by atoms with E-state index >= 15 is 0 Å². The normalized spacial score (nSPS) is 16.0. The van der Waals surface area contributed by atoms with Gasteiger partial charge in [-0.2, -0.15) is 9.40 Å². The average molecular weight is 452 g/mol. The molecule has 1 aliphatic rings. The molecule has 0 unspecified atom stereocenters. The summed E-state index contributed by atoms with van der Waals surface area (Å²) >= 11 is 7.50. The van der Waals surface area contributed by atoms with Crippen LogP contribution in [0.5, 0.6) is 0 Å². The SMILES string of the molecule is O=C(Nc1cccc(Cl)c1-n1cncn1)C1CCN(S(=O)(=O)c2cccs2)CC1. The topological polar surface area (TPSA) is 97.2 Å². The molecule has 3 heterocycles. The molecule has 152 valence electrons. The summed E-state index contributed by atoms with van der Waals surface area (Å²) in [6.45, 7) is 0.619. The molecule has 1 aromatic carbocycles. The van der Waals surface area contributed by atoms with Crippen LogP contribution >= 0.6 is 22.9 Å². The summed E-state index contributed by atoms with van der Waals surface area (Å²) in [6, 6.07) is 8.52. The predicted molar refractivity (Wildman–Crippen MR) is 111 cm³/mol. The summed E-state index contributed by atoms with van der Waals surface area (Å²) in [5.41, 5.74) is 1.07. The number of nitrogens with one attached hydrogen (secondary N) is 1. The average Bonchev–Trinajstić information content (AvgIpc) is 3.43. The number of halogens is 1. The number of nitrogens with zero attached hydrogens (tertiary/aromatic N) is 4. The largest absolute Gasteiger partial charge is 0.324 e. The van der Waals surface area contributed by atoms with Crippen LogP contribution in [0.25, 0.3) is 5.69 Å². The number of aromatic nitrogens is 3. The smallest absolute Gasteiger partial charge is 0.252 e. The second-order valence-corrected chi connectivity index (χ2v) is 10.1. The van der Waals surface area contributed by atoms with E-state index in [1.54, 1.807) is 35.7 Å². The van der Waals surface area contributed by atoms with E-state index in [4.69, 9.17) is 11.6 Å². The zero-order valence-corrected chi connectivity index (χ0v) is 17.6. The molecule has 0 saturated carbocycles. The van der Waals surface area contributed by atoms with Crippen molar-refractivity contribution >= 4 is 44.6 Å². The van der Waals surface area contributed by atoms with E-state index < -0.39 is 10.0 Å². The number of carbonyl (C=O) groups is 1. The summed E-state index contributed by atoms with van der Waals surface area (Å²) in [5, 5.41) is 9.18. The predicted octanol–water partition coefficient (Wildman–Crippen LogP) is 3.02. The number of anilines is 1. The number of hydrogen-bond donors (Lipinski definition) is 1. The van der Waals surface area contributed by atoms with Crippen LogP contribution in [0.2, 0.25) is 5.02 Å². The minimum Gasteiger partial charge on any atom is -0.324 e. The molecule has 0 atom stereocenters. The van der Waals surface area contributed by atoms with Crippen LogP contribution in [-0.4, -0.2) is 46.5 Å². The second kappa shape index (κ2) is 8.23. The van der Waals surface area contributed by atoms with Crippen molar-refractivity contribution in [2.45, 2.75) is 17.1 Å². The Bertz CT molecular complexity index is 1090. The highest BCUT2D eigenvalue weighted by atomic mass is 35.5. The van der Waals surface area contributed by atoms with Gasteiger partial charge in [0, 0.05) is 19.0 Å². The summed E-state index contributed by atoms with van der Waals surface area (Å²) in [4.78, 5) is 16.7. The molecular weight excluding hydrogens is 434 g/mol. The van der Waals surface area contributed by atoms with E-state index in [0.29, 0.717) is 46.5 Å². The Morgan fingerprint density at radius 1 is 1.21 bits per heavy atom. The lowest BCUT2D eigenvalue weighted by atomic mass is 9.97. The molecule has 11 heteroatoms. The van der Waals surface area contributed by atoms with Gasteiger partial charge in [-0.3, -0.25) is 4.79 Å². The summed E-state index contributed by atoms with van der Waals surface area (Å²) < 4.78 is 28.5. The van der Waals surface area contributed by atoms with Gasteiger partial charge in [0.1, 0.15) is 22.6 Å². The van der Waals surface area contributed by atoms with Crippen molar-refractivity contribution in [3.63, 3.8) is 0 Å². The molecule has 2 aromatic heterocycles. The van der Waals surface area contributed by atoms with Crippen molar-refractivity contribution in [2.75, 3.05) is 18.4 Å². The standard InChI is InChI=1S/C18H18ClN5O3S2/c19-14-3-1-4-15(17(14)24-12-20-11-21-24)22-18(25)13-6-8-23(9-7-13)29(26,27)16-5-2-10-28-16/h1-5,10-13H,6-9H2,(H,22,25). The van der Waals surface area contributed by atoms with E-state index in [1.807, 2.05) is 0 Å². The monoisotopic (exact) mass is 451 g/mol. The molecule has 1 aliphatic heterocycles. The van der Waals surface area contributed by atoms with Gasteiger partial charge < -0.3 is 5.32 Å². The first-order chi connectivity index (χ1) is 14.0. The highest BCUT2D eigenvalue weighted by Gasteiger charge is 2.32. The maximum absolute atomic E-state index is 12.8. The van der Waals surface area contributed by atoms with Gasteiger partial charge in [0.15, 0.2) is 0 Å². The third-order valence-corrected chi connectivity index (χ3v) is 8.38. The van der Waals surface area contributed by atoms with Crippen molar-refractivity contribution in [3.8, 4) is 5.69 Å². The van der Waals surface area contributed by atoms with Gasteiger partial charge in [0.2, 0.25) is 5.91 Å². The minimum atomic E-state index is -3.48. The number of benzene rings is 1. The zero-order valence-electron chi connectivity index (χ0n) is 15.2. The fourth-order valence-corrected chi connectivity index (χ4v) is 6.18.